The lowest BCUT2D eigenvalue weighted by atomic mass is 9.93. The molecule has 0 aromatic heterocycles. The van der Waals surface area contributed by atoms with E-state index in [2.05, 4.69) is 32.3 Å². The van der Waals surface area contributed by atoms with Crippen LogP contribution in [0.25, 0.3) is 0 Å². The summed E-state index contributed by atoms with van der Waals surface area (Å²) in [6.45, 7) is 5.01. The molecular weight excluding hydrogens is 174 g/mol. The largest absolute Gasteiger partial charge is 0.374 e. The van der Waals surface area contributed by atoms with Crippen LogP contribution < -0.4 is 5.32 Å². The van der Waals surface area contributed by atoms with Crippen LogP contribution in [-0.2, 0) is 4.74 Å². The summed E-state index contributed by atoms with van der Waals surface area (Å²) in [5.74, 6) is 0. The van der Waals surface area contributed by atoms with Crippen molar-refractivity contribution in [3.63, 3.8) is 0 Å². The average Bonchev–Trinajstić information content (AvgIpc) is 2.18. The van der Waals surface area contributed by atoms with Gasteiger partial charge in [-0.25, -0.2) is 0 Å². The number of rotatable bonds is 4. The molecule has 0 heterocycles. The second-order valence-corrected chi connectivity index (χ2v) is 4.38. The molecule has 0 aliphatic heterocycles. The summed E-state index contributed by atoms with van der Waals surface area (Å²) in [5.41, 5.74) is 1.34. The summed E-state index contributed by atoms with van der Waals surface area (Å²) in [7, 11) is 2.05. The van der Waals surface area contributed by atoms with Crippen molar-refractivity contribution in [1.29, 1.82) is 0 Å². The van der Waals surface area contributed by atoms with E-state index in [0.717, 1.165) is 12.6 Å². The van der Waals surface area contributed by atoms with Crippen LogP contribution in [0.5, 0.6) is 0 Å². The van der Waals surface area contributed by atoms with Crippen molar-refractivity contribution in [3.05, 3.63) is 11.6 Å². The fourth-order valence-corrected chi connectivity index (χ4v) is 1.87. The van der Waals surface area contributed by atoms with E-state index in [9.17, 15) is 0 Å². The van der Waals surface area contributed by atoms with Gasteiger partial charge in [-0.3, -0.25) is 0 Å². The van der Waals surface area contributed by atoms with Gasteiger partial charge in [-0.2, -0.15) is 0 Å². The van der Waals surface area contributed by atoms with Crippen LogP contribution in [0.1, 0.15) is 39.5 Å². The van der Waals surface area contributed by atoms with E-state index in [-0.39, 0.29) is 0 Å². The lowest BCUT2D eigenvalue weighted by molar-refractivity contribution is 0.0401. The zero-order valence-corrected chi connectivity index (χ0v) is 9.68. The first-order valence-corrected chi connectivity index (χ1v) is 5.64. The number of hydrogen-bond donors (Lipinski definition) is 1. The number of ether oxygens (including phenoxy) is 1. The van der Waals surface area contributed by atoms with Crippen LogP contribution in [-0.4, -0.2) is 25.8 Å². The Morgan fingerprint density at radius 2 is 1.93 bits per heavy atom. The first-order valence-electron chi connectivity index (χ1n) is 5.64. The van der Waals surface area contributed by atoms with E-state index in [4.69, 9.17) is 4.74 Å². The molecule has 0 radical (unpaired) electrons. The van der Waals surface area contributed by atoms with Crippen LogP contribution in [0.4, 0.5) is 0 Å². The number of hydrogen-bond acceptors (Lipinski definition) is 2. The van der Waals surface area contributed by atoms with Crippen molar-refractivity contribution in [3.8, 4) is 0 Å². The molecular formula is C12H23NO. The Labute approximate surface area is 87.7 Å². The van der Waals surface area contributed by atoms with Crippen molar-refractivity contribution < 1.29 is 4.74 Å². The molecule has 1 aliphatic rings. The van der Waals surface area contributed by atoms with Crippen molar-refractivity contribution in [2.45, 2.75) is 51.7 Å². The first-order chi connectivity index (χ1) is 6.72. The Hall–Kier alpha value is -0.340. The molecule has 82 valence electrons. The molecule has 0 atom stereocenters. The molecule has 0 saturated heterocycles. The van der Waals surface area contributed by atoms with Crippen molar-refractivity contribution >= 4 is 0 Å². The van der Waals surface area contributed by atoms with E-state index in [0.29, 0.717) is 6.10 Å². The van der Waals surface area contributed by atoms with Gasteiger partial charge >= 0.3 is 0 Å². The van der Waals surface area contributed by atoms with Crippen LogP contribution in [0.3, 0.4) is 0 Å². The Morgan fingerprint density at radius 1 is 1.29 bits per heavy atom. The van der Waals surface area contributed by atoms with E-state index in [1.165, 1.54) is 31.3 Å². The summed E-state index contributed by atoms with van der Waals surface area (Å²) in [4.78, 5) is 0. The number of allylic oxidation sites excluding steroid dienone is 1. The third-order valence-corrected chi connectivity index (χ3v) is 2.91. The van der Waals surface area contributed by atoms with E-state index < -0.39 is 0 Å². The van der Waals surface area contributed by atoms with Gasteiger partial charge in [0.1, 0.15) is 0 Å². The highest BCUT2D eigenvalue weighted by Crippen LogP contribution is 2.20. The second kappa shape index (κ2) is 6.20. The molecule has 2 nitrogen and oxygen atoms in total. The molecule has 0 spiro atoms. The van der Waals surface area contributed by atoms with Gasteiger partial charge in [-0.15, -0.1) is 0 Å². The van der Waals surface area contributed by atoms with Gasteiger partial charge in [-0.05, 0) is 46.6 Å². The predicted octanol–water partition coefficient (Wildman–Crippen LogP) is 2.50. The van der Waals surface area contributed by atoms with Crippen molar-refractivity contribution in [2.24, 2.45) is 0 Å². The molecule has 0 aromatic carbocycles. The van der Waals surface area contributed by atoms with Crippen LogP contribution in [0.15, 0.2) is 11.6 Å². The summed E-state index contributed by atoms with van der Waals surface area (Å²) in [5, 5.41) is 3.33. The SMILES string of the molecule is CNC1CCC(OCC=C(C)C)CC1. The molecule has 1 fully saturated rings. The fraction of sp³-hybridized carbons (Fsp3) is 0.833. The molecule has 1 rings (SSSR count). The zero-order valence-electron chi connectivity index (χ0n) is 9.68. The van der Waals surface area contributed by atoms with Crippen molar-refractivity contribution in [1.82, 2.24) is 5.32 Å². The minimum Gasteiger partial charge on any atom is -0.374 e. The maximum absolute atomic E-state index is 5.78. The molecule has 0 aromatic rings. The molecule has 0 amide bonds. The molecule has 1 saturated carbocycles. The van der Waals surface area contributed by atoms with E-state index in [1.807, 2.05) is 0 Å². The van der Waals surface area contributed by atoms with Gasteiger partial charge in [0.2, 0.25) is 0 Å². The zero-order chi connectivity index (χ0) is 10.4. The normalized spacial score (nSPS) is 27.4. The predicted molar refractivity (Wildman–Crippen MR) is 60.5 cm³/mol. The quantitative estimate of drug-likeness (QED) is 0.699. The Kier molecular flexibility index (Phi) is 5.20. The van der Waals surface area contributed by atoms with Gasteiger partial charge in [0.25, 0.3) is 0 Å². The molecule has 0 bridgehead atoms. The average molecular weight is 197 g/mol. The highest BCUT2D eigenvalue weighted by molar-refractivity contribution is 4.93. The van der Waals surface area contributed by atoms with E-state index >= 15 is 0 Å². The summed E-state index contributed by atoms with van der Waals surface area (Å²) in [6.07, 6.45) is 7.59. The third kappa shape index (κ3) is 4.25. The highest BCUT2D eigenvalue weighted by Gasteiger charge is 2.19. The summed E-state index contributed by atoms with van der Waals surface area (Å²) in [6, 6.07) is 0.721. The monoisotopic (exact) mass is 197 g/mol. The molecule has 1 N–H and O–H groups in total. The van der Waals surface area contributed by atoms with Gasteiger partial charge in [-0.1, -0.05) is 11.6 Å². The van der Waals surface area contributed by atoms with Crippen molar-refractivity contribution in [2.75, 3.05) is 13.7 Å². The summed E-state index contributed by atoms with van der Waals surface area (Å²) < 4.78 is 5.78. The number of nitrogens with one attached hydrogen (secondary N) is 1. The lowest BCUT2D eigenvalue weighted by Crippen LogP contribution is -2.33. The molecule has 1 aliphatic carbocycles. The minimum absolute atomic E-state index is 0.496. The minimum atomic E-state index is 0.496. The molecule has 0 unspecified atom stereocenters. The first kappa shape index (κ1) is 11.7. The van der Waals surface area contributed by atoms with Gasteiger partial charge in [0.15, 0.2) is 0 Å². The fourth-order valence-electron chi connectivity index (χ4n) is 1.87. The molecule has 2 heteroatoms. The summed E-state index contributed by atoms with van der Waals surface area (Å²) >= 11 is 0. The Balaban J connectivity index is 2.13. The van der Waals surface area contributed by atoms with Crippen LogP contribution >= 0.6 is 0 Å². The smallest absolute Gasteiger partial charge is 0.0653 e. The van der Waals surface area contributed by atoms with Crippen LogP contribution in [0.2, 0.25) is 0 Å². The lowest BCUT2D eigenvalue weighted by Gasteiger charge is -2.27. The van der Waals surface area contributed by atoms with Crippen LogP contribution in [0, 0.1) is 0 Å². The third-order valence-electron chi connectivity index (χ3n) is 2.91. The standard InChI is InChI=1S/C12H23NO/c1-10(2)8-9-14-12-6-4-11(13-3)5-7-12/h8,11-13H,4-7,9H2,1-3H3. The highest BCUT2D eigenvalue weighted by atomic mass is 16.5. The van der Waals surface area contributed by atoms with Gasteiger partial charge < -0.3 is 10.1 Å². The van der Waals surface area contributed by atoms with E-state index in [1.54, 1.807) is 0 Å². The van der Waals surface area contributed by atoms with Gasteiger partial charge in [0.05, 0.1) is 12.7 Å². The Bertz CT molecular complexity index is 177. The second-order valence-electron chi connectivity index (χ2n) is 4.38. The maximum atomic E-state index is 5.78. The van der Waals surface area contributed by atoms with Gasteiger partial charge in [0, 0.05) is 6.04 Å². The Morgan fingerprint density at radius 3 is 2.43 bits per heavy atom. The molecule has 14 heavy (non-hydrogen) atoms. The topological polar surface area (TPSA) is 21.3 Å². The maximum Gasteiger partial charge on any atom is 0.0653 e.